The Kier molecular flexibility index (Phi) is 15.7. The number of methoxy groups -OCH3 is 1. The van der Waals surface area contributed by atoms with Crippen molar-refractivity contribution in [1.29, 1.82) is 0 Å². The Hall–Kier alpha value is -8.17. The van der Waals surface area contributed by atoms with Gasteiger partial charge in [0, 0.05) is 33.1 Å². The summed E-state index contributed by atoms with van der Waals surface area (Å²) in [6, 6.07) is 56.9. The fourth-order valence-corrected chi connectivity index (χ4v) is 8.69. The third kappa shape index (κ3) is 12.6. The average molecular weight is 1000 g/mol. The average Bonchev–Trinajstić information content (AvgIpc) is 3.37. The van der Waals surface area contributed by atoms with Crippen molar-refractivity contribution >= 4 is 32.3 Å². The van der Waals surface area contributed by atoms with E-state index in [4.69, 9.17) is 31.6 Å². The van der Waals surface area contributed by atoms with Gasteiger partial charge in [-0.3, -0.25) is 14.1 Å². The molecule has 0 aliphatic carbocycles. The molecule has 0 saturated heterocycles. The molecule has 14 heteroatoms. The van der Waals surface area contributed by atoms with Crippen LogP contribution in [0.25, 0.3) is 0 Å². The molecule has 0 aliphatic heterocycles. The van der Waals surface area contributed by atoms with Gasteiger partial charge in [0.05, 0.1) is 12.0 Å². The topological polar surface area (TPSA) is 177 Å². The van der Waals surface area contributed by atoms with Crippen molar-refractivity contribution in [2.75, 3.05) is 7.11 Å². The number of benzene rings is 8. The molecule has 0 saturated carbocycles. The number of ether oxygens (including phenoxy) is 4. The number of carbonyl (C=O) groups excluding carboxylic acids is 2. The van der Waals surface area contributed by atoms with Crippen LogP contribution in [0.5, 0.6) is 40.2 Å². The molecule has 12 nitrogen and oxygen atoms in total. The second-order valence-electron chi connectivity index (χ2n) is 17.7. The molecule has 1 N–H and O–H groups in total. The minimum absolute atomic E-state index is 0.108. The third-order valence-corrected chi connectivity index (χ3v) is 13.3. The van der Waals surface area contributed by atoms with Crippen molar-refractivity contribution in [3.63, 3.8) is 0 Å². The molecule has 72 heavy (non-hydrogen) atoms. The Morgan fingerprint density at radius 1 is 0.417 bits per heavy atom. The third-order valence-electron chi connectivity index (χ3n) is 12.3. The summed E-state index contributed by atoms with van der Waals surface area (Å²) >= 11 is 0. The second-order valence-corrected chi connectivity index (χ2v) is 19.5. The van der Waals surface area contributed by atoms with Gasteiger partial charge >= 0.3 is 10.6 Å². The standard InChI is InChI=1S/C58H50O9S.O3S/c1-38-7-8-42(37-54(38)68(61,62)63)56(60)41-13-27-50(28-14-41)67-53-35-21-46(22-36-53)58(4,5)45-19-33-52(34-20-45)66-49-25-11-40(12-26-49)55(59)39-9-23-48(24-10-39)65-51-31-17-44(18-32-51)57(2,3)43-15-29-47(64-6)30-16-43;1-4(2)3/h7-37H,1-6H3,(H,61,62,63);. The van der Waals surface area contributed by atoms with Crippen molar-refractivity contribution in [3.05, 3.63) is 238 Å². The quantitative estimate of drug-likeness (QED) is 0.0717. The van der Waals surface area contributed by atoms with Crippen LogP contribution in [0.1, 0.15) is 87.4 Å². The first-order valence-corrected chi connectivity index (χ1v) is 24.9. The molecule has 366 valence electrons. The largest absolute Gasteiger partial charge is 0.497 e. The van der Waals surface area contributed by atoms with Crippen LogP contribution in [-0.2, 0) is 31.6 Å². The molecule has 0 spiro atoms. The summed E-state index contributed by atoms with van der Waals surface area (Å²) in [5, 5.41) is 0. The fourth-order valence-electron chi connectivity index (χ4n) is 7.94. The Labute approximate surface area is 420 Å². The van der Waals surface area contributed by atoms with Crippen molar-refractivity contribution in [2.45, 2.75) is 50.3 Å². The van der Waals surface area contributed by atoms with E-state index in [0.29, 0.717) is 56.8 Å². The lowest BCUT2D eigenvalue weighted by atomic mass is 9.78. The minimum Gasteiger partial charge on any atom is -0.497 e. The maximum absolute atomic E-state index is 13.4. The molecule has 8 aromatic carbocycles. The van der Waals surface area contributed by atoms with Crippen LogP contribution in [0.3, 0.4) is 0 Å². The highest BCUT2D eigenvalue weighted by molar-refractivity contribution is 7.85. The highest BCUT2D eigenvalue weighted by Gasteiger charge is 2.25. The van der Waals surface area contributed by atoms with Gasteiger partial charge in [0.15, 0.2) is 11.6 Å². The molecule has 0 atom stereocenters. The maximum atomic E-state index is 13.4. The van der Waals surface area contributed by atoms with Crippen LogP contribution in [-0.4, -0.2) is 44.3 Å². The van der Waals surface area contributed by atoms with Crippen LogP contribution >= 0.6 is 0 Å². The van der Waals surface area contributed by atoms with Crippen LogP contribution in [0.15, 0.2) is 193 Å². The van der Waals surface area contributed by atoms with Gasteiger partial charge in [0.2, 0.25) is 0 Å². The molecular formula is C58H50O12S2. The van der Waals surface area contributed by atoms with Crippen LogP contribution < -0.4 is 18.9 Å². The number of hydrogen-bond donors (Lipinski definition) is 1. The number of aryl methyl sites for hydroxylation is 1. The SMILES string of the molecule is COc1ccc(C(C)(C)c2ccc(Oc3ccc(C(=O)c4ccc(Oc5ccc(C(C)(C)c6ccc(Oc7ccc(C(=O)c8ccc(C)c(S(=O)(=O)O)c8)cc7)cc6)cc5)cc4)cc3)cc2)cc1.O=S(=O)=O. The summed E-state index contributed by atoms with van der Waals surface area (Å²) in [4.78, 5) is 26.2. The molecule has 0 bridgehead atoms. The zero-order valence-corrected chi connectivity index (χ0v) is 41.8. The zero-order chi connectivity index (χ0) is 51.8. The Morgan fingerprint density at radius 3 is 0.917 bits per heavy atom. The smallest absolute Gasteiger partial charge is 0.425 e. The lowest BCUT2D eigenvalue weighted by molar-refractivity contribution is 0.103. The van der Waals surface area contributed by atoms with Gasteiger partial charge in [-0.15, -0.1) is 12.6 Å². The van der Waals surface area contributed by atoms with Crippen LogP contribution in [0, 0.1) is 6.92 Å². The van der Waals surface area contributed by atoms with E-state index < -0.39 is 20.7 Å². The summed E-state index contributed by atoms with van der Waals surface area (Å²) in [5.41, 5.74) is 5.85. The van der Waals surface area contributed by atoms with E-state index in [1.807, 2.05) is 72.8 Å². The minimum atomic E-state index is -4.47. The van der Waals surface area contributed by atoms with Gasteiger partial charge in [0.25, 0.3) is 10.1 Å². The number of ketones is 2. The predicted molar refractivity (Wildman–Crippen MR) is 274 cm³/mol. The first kappa shape index (κ1) is 51.7. The number of carbonyl (C=O) groups is 2. The highest BCUT2D eigenvalue weighted by atomic mass is 32.2. The lowest BCUT2D eigenvalue weighted by Crippen LogP contribution is -2.18. The molecular weight excluding hydrogens is 953 g/mol. The van der Waals surface area contributed by atoms with Crippen LogP contribution in [0.2, 0.25) is 0 Å². The van der Waals surface area contributed by atoms with Crippen molar-refractivity contribution in [3.8, 4) is 40.2 Å². The van der Waals surface area contributed by atoms with Gasteiger partial charge in [-0.2, -0.15) is 8.42 Å². The highest BCUT2D eigenvalue weighted by Crippen LogP contribution is 2.37. The Balaban J connectivity index is 0.00000183. The van der Waals surface area contributed by atoms with E-state index >= 15 is 0 Å². The van der Waals surface area contributed by atoms with Gasteiger partial charge in [-0.25, -0.2) is 0 Å². The zero-order valence-electron chi connectivity index (χ0n) is 40.2. The molecule has 0 aromatic heterocycles. The van der Waals surface area contributed by atoms with Gasteiger partial charge in [-0.1, -0.05) is 88.4 Å². The molecule has 0 radical (unpaired) electrons. The van der Waals surface area contributed by atoms with Crippen molar-refractivity contribution in [2.24, 2.45) is 0 Å². The van der Waals surface area contributed by atoms with E-state index in [2.05, 4.69) is 52.0 Å². The number of hydrogen-bond acceptors (Lipinski definition) is 11. The second kappa shape index (κ2) is 21.9. The van der Waals surface area contributed by atoms with E-state index in [1.165, 1.54) is 23.8 Å². The maximum Gasteiger partial charge on any atom is 0.425 e. The summed E-state index contributed by atoms with van der Waals surface area (Å²) in [6.45, 7) is 10.2. The molecule has 0 unspecified atom stereocenters. The van der Waals surface area contributed by atoms with E-state index in [9.17, 15) is 22.6 Å². The summed E-state index contributed by atoms with van der Waals surface area (Å²) in [7, 11) is -5.91. The van der Waals surface area contributed by atoms with Crippen molar-refractivity contribution in [1.82, 2.24) is 0 Å². The normalized spacial score (nSPS) is 11.4. The Morgan fingerprint density at radius 2 is 0.653 bits per heavy atom. The van der Waals surface area contributed by atoms with E-state index in [0.717, 1.165) is 22.4 Å². The summed E-state index contributed by atoms with van der Waals surface area (Å²) in [5.74, 6) is 4.07. The summed E-state index contributed by atoms with van der Waals surface area (Å²) in [6.07, 6.45) is 0. The first-order chi connectivity index (χ1) is 34.2. The lowest BCUT2D eigenvalue weighted by Gasteiger charge is -2.26. The van der Waals surface area contributed by atoms with Gasteiger partial charge in [-0.05, 0) is 162 Å². The van der Waals surface area contributed by atoms with Crippen LogP contribution in [0.4, 0.5) is 0 Å². The molecule has 0 amide bonds. The van der Waals surface area contributed by atoms with Crippen molar-refractivity contribution < 1.29 is 54.1 Å². The monoisotopic (exact) mass is 1000 g/mol. The molecule has 0 heterocycles. The predicted octanol–water partition coefficient (Wildman–Crippen LogP) is 12.7. The molecule has 0 fully saturated rings. The number of rotatable bonds is 16. The first-order valence-electron chi connectivity index (χ1n) is 22.5. The van der Waals surface area contributed by atoms with Gasteiger partial charge in [0.1, 0.15) is 40.2 Å². The Bertz CT molecular complexity index is 3420. The van der Waals surface area contributed by atoms with Gasteiger partial charge < -0.3 is 18.9 Å². The molecule has 8 rings (SSSR count). The summed E-state index contributed by atoms with van der Waals surface area (Å²) < 4.78 is 82.0. The van der Waals surface area contributed by atoms with E-state index in [1.54, 1.807) is 86.8 Å². The van der Waals surface area contributed by atoms with E-state index in [-0.39, 0.29) is 32.9 Å². The molecule has 0 aliphatic rings. The fraction of sp³-hybridized carbons (Fsp3) is 0.138. The molecule has 8 aromatic rings.